The first-order chi connectivity index (χ1) is 15.3. The summed E-state index contributed by atoms with van der Waals surface area (Å²) < 4.78 is 3.59. The Hall–Kier alpha value is -3.00. The maximum absolute atomic E-state index is 3.59. The van der Waals surface area contributed by atoms with Crippen molar-refractivity contribution in [2.75, 3.05) is 11.4 Å². The van der Waals surface area contributed by atoms with Gasteiger partial charge in [-0.15, -0.1) is 0 Å². The summed E-state index contributed by atoms with van der Waals surface area (Å²) in [4.78, 5) is 3.68. The molecule has 0 spiro atoms. The summed E-state index contributed by atoms with van der Waals surface area (Å²) in [5, 5.41) is 2.31. The van der Waals surface area contributed by atoms with E-state index in [-0.39, 0.29) is 0 Å². The van der Waals surface area contributed by atoms with Gasteiger partial charge in [-0.1, -0.05) is 83.6 Å². The van der Waals surface area contributed by atoms with Crippen LogP contribution in [0, 0.1) is 11.8 Å². The smallest absolute Gasteiger partial charge is 0.315 e. The van der Waals surface area contributed by atoms with Gasteiger partial charge in [0.2, 0.25) is 5.52 Å². The molecule has 0 fully saturated rings. The van der Waals surface area contributed by atoms with Gasteiger partial charge in [-0.25, -0.2) is 0 Å². The maximum Gasteiger partial charge on any atom is 0.315 e. The van der Waals surface area contributed by atoms with Gasteiger partial charge < -0.3 is 4.90 Å². The summed E-state index contributed by atoms with van der Waals surface area (Å²) in [6.07, 6.45) is 0. The van der Waals surface area contributed by atoms with Crippen LogP contribution in [0.15, 0.2) is 88.8 Å². The highest BCUT2D eigenvalue weighted by Crippen LogP contribution is 2.48. The Morgan fingerprint density at radius 3 is 2.45 bits per heavy atom. The highest BCUT2D eigenvalue weighted by atomic mass is 32.2. The lowest BCUT2D eigenvalue weighted by molar-refractivity contribution is -0.665. The second-order valence-electron chi connectivity index (χ2n) is 7.23. The molecule has 2 heterocycles. The number of fused-ring (bicyclic) bond motifs is 2. The van der Waals surface area contributed by atoms with E-state index in [1.807, 2.05) is 11.8 Å². The maximum atomic E-state index is 3.59. The van der Waals surface area contributed by atoms with E-state index in [1.165, 1.54) is 25.8 Å². The Labute approximate surface area is 191 Å². The lowest BCUT2D eigenvalue weighted by atomic mass is 10.1. The van der Waals surface area contributed by atoms with Gasteiger partial charge in [-0.2, -0.15) is 4.57 Å². The molecule has 0 amide bonds. The Morgan fingerprint density at radius 2 is 1.65 bits per heavy atom. The average Bonchev–Trinajstić information content (AvgIpc) is 3.37. The molecule has 0 saturated carbocycles. The zero-order chi connectivity index (χ0) is 21.2. The molecule has 0 saturated heterocycles. The van der Waals surface area contributed by atoms with Crippen LogP contribution < -0.4 is 9.47 Å². The molecule has 152 valence electrons. The van der Waals surface area contributed by atoms with Gasteiger partial charge in [0.1, 0.15) is 11.2 Å². The third-order valence-electron chi connectivity index (χ3n) is 5.42. The van der Waals surface area contributed by atoms with E-state index >= 15 is 0 Å². The van der Waals surface area contributed by atoms with Crippen molar-refractivity contribution in [3.8, 4) is 11.8 Å². The summed E-state index contributed by atoms with van der Waals surface area (Å²) in [7, 11) is 0. The fraction of sp³-hybridized carbons (Fsp3) is 0.148. The number of aryl methyl sites for hydroxylation is 1. The summed E-state index contributed by atoms with van der Waals surface area (Å²) >= 11 is 3.59. The van der Waals surface area contributed by atoms with Crippen LogP contribution >= 0.6 is 23.1 Å². The van der Waals surface area contributed by atoms with Crippen LogP contribution in [-0.2, 0) is 6.54 Å². The lowest BCUT2D eigenvalue weighted by Crippen LogP contribution is -2.33. The van der Waals surface area contributed by atoms with Crippen LogP contribution in [0.3, 0.4) is 0 Å². The van der Waals surface area contributed by atoms with E-state index in [2.05, 4.69) is 114 Å². The molecule has 3 aromatic carbocycles. The third-order valence-corrected chi connectivity index (χ3v) is 7.68. The molecule has 4 heteroatoms. The van der Waals surface area contributed by atoms with Crippen molar-refractivity contribution in [1.82, 2.24) is 0 Å². The standard InChI is InChI=1S/C27H23N2S2/c1-3-28-22-14-8-10-16-24(22)30-26(28)19-18-21(20-12-6-5-7-13-20)27-29(4-2)23-15-9-11-17-25(23)31-27/h5-17H,3-4H2,1-2H3/q+1. The Kier molecular flexibility index (Phi) is 5.55. The number of para-hydroxylation sites is 2. The molecular formula is C27H23N2S2+. The first-order valence-corrected chi connectivity index (χ1v) is 12.2. The van der Waals surface area contributed by atoms with Crippen LogP contribution in [0.25, 0.3) is 15.8 Å². The molecule has 0 atom stereocenters. The first kappa shape index (κ1) is 19.9. The minimum atomic E-state index is 0.909. The lowest BCUT2D eigenvalue weighted by Gasteiger charge is -2.20. The van der Waals surface area contributed by atoms with Crippen LogP contribution in [0.2, 0.25) is 0 Å². The SMILES string of the molecule is CCN1C(=C(C#Cc2sc3ccccc3[n+]2CC)c2ccccc2)Sc2ccccc21. The van der Waals surface area contributed by atoms with Crippen LogP contribution in [-0.4, -0.2) is 6.54 Å². The number of allylic oxidation sites excluding steroid dienone is 1. The van der Waals surface area contributed by atoms with Crippen molar-refractivity contribution in [1.29, 1.82) is 0 Å². The van der Waals surface area contributed by atoms with Gasteiger partial charge in [0.05, 0.1) is 16.3 Å². The summed E-state index contributed by atoms with van der Waals surface area (Å²) in [5.41, 5.74) is 4.77. The zero-order valence-electron chi connectivity index (χ0n) is 17.6. The van der Waals surface area contributed by atoms with Gasteiger partial charge in [0.25, 0.3) is 0 Å². The number of anilines is 1. The molecule has 1 aliphatic rings. The normalized spacial score (nSPS) is 14.3. The molecule has 0 unspecified atom stereocenters. The van der Waals surface area contributed by atoms with E-state index in [9.17, 15) is 0 Å². The Morgan fingerprint density at radius 1 is 0.903 bits per heavy atom. The predicted molar refractivity (Wildman–Crippen MR) is 133 cm³/mol. The second-order valence-corrected chi connectivity index (χ2v) is 9.29. The van der Waals surface area contributed by atoms with Gasteiger partial charge in [-0.3, -0.25) is 0 Å². The number of aromatic nitrogens is 1. The minimum absolute atomic E-state index is 0.909. The quantitative estimate of drug-likeness (QED) is 0.264. The number of thioether (sulfide) groups is 1. The molecule has 1 aromatic heterocycles. The van der Waals surface area contributed by atoms with Crippen molar-refractivity contribution in [2.45, 2.75) is 25.3 Å². The van der Waals surface area contributed by atoms with Crippen LogP contribution in [0.4, 0.5) is 5.69 Å². The Balaban J connectivity index is 1.68. The summed E-state index contributed by atoms with van der Waals surface area (Å²) in [5.74, 6) is 7.12. The summed E-state index contributed by atoms with van der Waals surface area (Å²) in [6, 6.07) is 27.7. The number of benzene rings is 3. The molecule has 1 aliphatic heterocycles. The highest BCUT2D eigenvalue weighted by molar-refractivity contribution is 8.04. The van der Waals surface area contributed by atoms with E-state index in [0.717, 1.165) is 29.2 Å². The van der Waals surface area contributed by atoms with E-state index in [4.69, 9.17) is 0 Å². The van der Waals surface area contributed by atoms with Crippen LogP contribution in [0.1, 0.15) is 24.4 Å². The number of hydrogen-bond acceptors (Lipinski definition) is 3. The fourth-order valence-corrected chi connectivity index (χ4v) is 6.27. The van der Waals surface area contributed by atoms with Crippen LogP contribution in [0.5, 0.6) is 0 Å². The highest BCUT2D eigenvalue weighted by Gasteiger charge is 2.27. The number of nitrogens with zero attached hydrogens (tertiary/aromatic N) is 2. The van der Waals surface area contributed by atoms with Gasteiger partial charge in [0, 0.05) is 23.4 Å². The fourth-order valence-electron chi connectivity index (χ4n) is 3.95. The van der Waals surface area contributed by atoms with Crippen molar-refractivity contribution in [3.05, 3.63) is 94.5 Å². The monoisotopic (exact) mass is 439 g/mol. The summed E-state index contributed by atoms with van der Waals surface area (Å²) in [6.45, 7) is 6.21. The topological polar surface area (TPSA) is 7.12 Å². The van der Waals surface area contributed by atoms with Gasteiger partial charge >= 0.3 is 5.01 Å². The molecule has 0 radical (unpaired) electrons. The van der Waals surface area contributed by atoms with E-state index < -0.39 is 0 Å². The largest absolute Gasteiger partial charge is 0.334 e. The van der Waals surface area contributed by atoms with Crippen molar-refractivity contribution in [3.63, 3.8) is 0 Å². The average molecular weight is 440 g/mol. The van der Waals surface area contributed by atoms with Crippen molar-refractivity contribution < 1.29 is 4.57 Å². The number of hydrogen-bond donors (Lipinski definition) is 0. The predicted octanol–water partition coefficient (Wildman–Crippen LogP) is 6.56. The Bertz CT molecular complexity index is 1340. The second kappa shape index (κ2) is 8.63. The molecule has 5 rings (SSSR count). The number of thiazole rings is 1. The molecule has 0 N–H and O–H groups in total. The number of rotatable bonds is 3. The minimum Gasteiger partial charge on any atom is -0.334 e. The first-order valence-electron chi connectivity index (χ1n) is 10.6. The van der Waals surface area contributed by atoms with Gasteiger partial charge in [-0.05, 0) is 37.6 Å². The molecular weight excluding hydrogens is 416 g/mol. The molecule has 0 bridgehead atoms. The molecule has 2 nitrogen and oxygen atoms in total. The zero-order valence-corrected chi connectivity index (χ0v) is 19.3. The molecule has 4 aromatic rings. The van der Waals surface area contributed by atoms with E-state index in [1.54, 1.807) is 11.3 Å². The molecule has 0 aliphatic carbocycles. The van der Waals surface area contributed by atoms with Crippen molar-refractivity contribution in [2.24, 2.45) is 0 Å². The van der Waals surface area contributed by atoms with Crippen molar-refractivity contribution >= 4 is 44.6 Å². The van der Waals surface area contributed by atoms with Gasteiger partial charge in [0.15, 0.2) is 0 Å². The third kappa shape index (κ3) is 3.65. The molecule has 31 heavy (non-hydrogen) atoms. The van der Waals surface area contributed by atoms with E-state index in [0.29, 0.717) is 0 Å².